The van der Waals surface area contributed by atoms with Crippen LogP contribution >= 0.6 is 0 Å². The molecular formula is C7H17N. The average molecular weight is 115 g/mol. The van der Waals surface area contributed by atoms with Crippen LogP contribution < -0.4 is 0 Å². The molecule has 0 unspecified atom stereocenters. The minimum atomic E-state index is 0.927. The largest absolute Gasteiger partial charge is 0.301 e. The summed E-state index contributed by atoms with van der Waals surface area (Å²) in [5.74, 6) is 0. The van der Waals surface area contributed by atoms with Gasteiger partial charge in [-0.05, 0) is 13.1 Å². The Bertz CT molecular complexity index is 33.4. The van der Waals surface area contributed by atoms with Gasteiger partial charge in [0, 0.05) is 6.54 Å². The lowest BCUT2D eigenvalue weighted by Crippen LogP contribution is -1.73. The Labute approximate surface area is 52.8 Å². The molecule has 0 atom stereocenters. The molecule has 0 aromatic carbocycles. The quantitative estimate of drug-likeness (QED) is 0.396. The summed E-state index contributed by atoms with van der Waals surface area (Å²) in [6, 6.07) is 0. The zero-order valence-electron chi connectivity index (χ0n) is 6.28. The maximum Gasteiger partial charge on any atom is 0.0382 e. The van der Waals surface area contributed by atoms with Crippen LogP contribution in [0.1, 0.15) is 33.6 Å². The number of nitrogens with zero attached hydrogens (tertiary/aromatic N) is 1. The fourth-order valence-corrected chi connectivity index (χ4v) is 0.270. The van der Waals surface area contributed by atoms with Crippen LogP contribution in [0.5, 0.6) is 0 Å². The molecule has 0 amide bonds. The number of unbranched alkanes of at least 4 members (excludes halogenated alkanes) is 1. The third kappa shape index (κ3) is 17.3. The molecule has 0 aliphatic heterocycles. The summed E-state index contributed by atoms with van der Waals surface area (Å²) >= 11 is 0. The van der Waals surface area contributed by atoms with Crippen LogP contribution in [0.15, 0.2) is 4.99 Å². The van der Waals surface area contributed by atoms with Crippen molar-refractivity contribution in [2.24, 2.45) is 4.99 Å². The minimum absolute atomic E-state index is 0.927. The lowest BCUT2D eigenvalue weighted by atomic mass is 10.3. The maximum atomic E-state index is 3.68. The van der Waals surface area contributed by atoms with Gasteiger partial charge in [0.1, 0.15) is 0 Å². The molecule has 0 rings (SSSR count). The molecule has 1 heteroatoms. The van der Waals surface area contributed by atoms with E-state index in [0.717, 1.165) is 6.54 Å². The summed E-state index contributed by atoms with van der Waals surface area (Å²) in [7, 11) is 0. The van der Waals surface area contributed by atoms with Gasteiger partial charge < -0.3 is 4.99 Å². The summed E-state index contributed by atoms with van der Waals surface area (Å²) in [4.78, 5) is 3.68. The first kappa shape index (κ1) is 10.6. The number of hydrogen-bond donors (Lipinski definition) is 0. The molecule has 0 N–H and O–H groups in total. The Morgan fingerprint density at radius 1 is 1.38 bits per heavy atom. The van der Waals surface area contributed by atoms with E-state index in [0.29, 0.717) is 0 Å². The van der Waals surface area contributed by atoms with Crippen molar-refractivity contribution in [1.82, 2.24) is 0 Å². The molecule has 0 saturated carbocycles. The first-order chi connectivity index (χ1) is 3.91. The smallest absolute Gasteiger partial charge is 0.0382 e. The van der Waals surface area contributed by atoms with E-state index in [1.807, 2.05) is 13.8 Å². The summed E-state index contributed by atoms with van der Waals surface area (Å²) < 4.78 is 0. The van der Waals surface area contributed by atoms with E-state index in [9.17, 15) is 0 Å². The van der Waals surface area contributed by atoms with Crippen molar-refractivity contribution in [3.05, 3.63) is 0 Å². The van der Waals surface area contributed by atoms with E-state index in [1.54, 1.807) is 0 Å². The molecule has 0 spiro atoms. The maximum absolute atomic E-state index is 3.68. The van der Waals surface area contributed by atoms with Gasteiger partial charge in [0.05, 0.1) is 0 Å². The highest BCUT2D eigenvalue weighted by Crippen LogP contribution is 1.83. The van der Waals surface area contributed by atoms with Crippen LogP contribution in [-0.4, -0.2) is 13.3 Å². The van der Waals surface area contributed by atoms with Crippen LogP contribution in [0.3, 0.4) is 0 Å². The van der Waals surface area contributed by atoms with Gasteiger partial charge in [-0.3, -0.25) is 0 Å². The second-order valence-electron chi connectivity index (χ2n) is 1.30. The molecule has 0 aliphatic rings. The highest BCUT2D eigenvalue weighted by molar-refractivity contribution is 5.22. The van der Waals surface area contributed by atoms with Gasteiger partial charge >= 0.3 is 0 Å². The summed E-state index contributed by atoms with van der Waals surface area (Å²) in [6.45, 7) is 10.4. The standard InChI is InChI=1S/C5H11N.C2H6/c1-3-4-5-6-2;1-2/h2-5H2,1H3;1-2H3. The molecule has 50 valence electrons. The first-order valence-corrected chi connectivity index (χ1v) is 3.34. The van der Waals surface area contributed by atoms with Gasteiger partial charge in [-0.2, -0.15) is 0 Å². The number of rotatable bonds is 3. The predicted octanol–water partition coefficient (Wildman–Crippen LogP) is 2.51. The molecule has 0 heterocycles. The van der Waals surface area contributed by atoms with Gasteiger partial charge in [0.25, 0.3) is 0 Å². The third-order valence-electron chi connectivity index (χ3n) is 0.670. The molecule has 8 heavy (non-hydrogen) atoms. The van der Waals surface area contributed by atoms with Gasteiger partial charge in [-0.1, -0.05) is 27.2 Å². The highest BCUT2D eigenvalue weighted by Gasteiger charge is 1.71. The minimum Gasteiger partial charge on any atom is -0.301 e. The molecule has 0 aromatic rings. The zero-order chi connectivity index (χ0) is 6.83. The lowest BCUT2D eigenvalue weighted by Gasteiger charge is -1.82. The molecule has 0 aromatic heterocycles. The highest BCUT2D eigenvalue weighted by atomic mass is 14.7. The fourth-order valence-electron chi connectivity index (χ4n) is 0.270. The Hall–Kier alpha value is -0.330. The third-order valence-corrected chi connectivity index (χ3v) is 0.670. The predicted molar refractivity (Wildman–Crippen MR) is 40.7 cm³/mol. The van der Waals surface area contributed by atoms with Crippen LogP contribution in [-0.2, 0) is 0 Å². The van der Waals surface area contributed by atoms with E-state index < -0.39 is 0 Å². The monoisotopic (exact) mass is 115 g/mol. The van der Waals surface area contributed by atoms with Gasteiger partial charge in [-0.25, -0.2) is 0 Å². The Morgan fingerprint density at radius 2 is 1.88 bits per heavy atom. The summed E-state index contributed by atoms with van der Waals surface area (Å²) in [6.07, 6.45) is 2.41. The molecule has 0 radical (unpaired) electrons. The van der Waals surface area contributed by atoms with Crippen molar-refractivity contribution >= 4 is 6.72 Å². The van der Waals surface area contributed by atoms with Gasteiger partial charge in [-0.15, -0.1) is 0 Å². The summed E-state index contributed by atoms with van der Waals surface area (Å²) in [5.41, 5.74) is 0. The lowest BCUT2D eigenvalue weighted by molar-refractivity contribution is 0.811. The molecule has 1 nitrogen and oxygen atoms in total. The van der Waals surface area contributed by atoms with Crippen molar-refractivity contribution in [3.8, 4) is 0 Å². The van der Waals surface area contributed by atoms with Crippen LogP contribution in [0.25, 0.3) is 0 Å². The van der Waals surface area contributed by atoms with E-state index >= 15 is 0 Å². The fraction of sp³-hybridized carbons (Fsp3) is 0.857. The molecule has 0 aliphatic carbocycles. The van der Waals surface area contributed by atoms with Crippen molar-refractivity contribution in [1.29, 1.82) is 0 Å². The van der Waals surface area contributed by atoms with Crippen LogP contribution in [0.2, 0.25) is 0 Å². The van der Waals surface area contributed by atoms with E-state index in [4.69, 9.17) is 0 Å². The van der Waals surface area contributed by atoms with Crippen molar-refractivity contribution in [2.45, 2.75) is 33.6 Å². The zero-order valence-corrected chi connectivity index (χ0v) is 6.28. The molecular weight excluding hydrogens is 98.1 g/mol. The molecule has 0 saturated heterocycles. The Balaban J connectivity index is 0. The number of hydrogen-bond acceptors (Lipinski definition) is 1. The van der Waals surface area contributed by atoms with Crippen molar-refractivity contribution in [3.63, 3.8) is 0 Å². The van der Waals surface area contributed by atoms with E-state index in [-0.39, 0.29) is 0 Å². The Morgan fingerprint density at radius 3 is 2.00 bits per heavy atom. The average Bonchev–Trinajstić information content (AvgIpc) is 1.88. The van der Waals surface area contributed by atoms with E-state index in [2.05, 4.69) is 18.6 Å². The summed E-state index contributed by atoms with van der Waals surface area (Å²) in [5, 5.41) is 0. The van der Waals surface area contributed by atoms with Gasteiger partial charge in [0.2, 0.25) is 0 Å². The van der Waals surface area contributed by atoms with Crippen LogP contribution in [0, 0.1) is 0 Å². The van der Waals surface area contributed by atoms with Gasteiger partial charge in [0.15, 0.2) is 0 Å². The second kappa shape index (κ2) is 15.9. The normalized spacial score (nSPS) is 6.88. The first-order valence-electron chi connectivity index (χ1n) is 3.34. The van der Waals surface area contributed by atoms with Crippen molar-refractivity contribution in [2.75, 3.05) is 6.54 Å². The molecule has 0 bridgehead atoms. The van der Waals surface area contributed by atoms with E-state index in [1.165, 1.54) is 12.8 Å². The Kier molecular flexibility index (Phi) is 21.1. The molecule has 0 fully saturated rings. The van der Waals surface area contributed by atoms with Crippen LogP contribution in [0.4, 0.5) is 0 Å². The van der Waals surface area contributed by atoms with Crippen molar-refractivity contribution < 1.29 is 0 Å². The topological polar surface area (TPSA) is 12.4 Å². The number of aliphatic imine (C=N–C) groups is 1. The SMILES string of the molecule is C=NCCCC.CC. The second-order valence-corrected chi connectivity index (χ2v) is 1.30.